The molecule has 0 saturated carbocycles. The van der Waals surface area contributed by atoms with Crippen molar-refractivity contribution in [2.45, 2.75) is 25.7 Å². The number of piperidine rings is 1. The molecule has 4 N–H and O–H groups in total. The van der Waals surface area contributed by atoms with Gasteiger partial charge in [-0.05, 0) is 57.1 Å². The average Bonchev–Trinajstić information content (AvgIpc) is 3.15. The standard InChI is InChI=1S/C23H24N6O2/c1-14-5-7-16(8-6-14)25-23(31)26-17-3-2-4-18-21(17)22-27-20(30)13-19(29(22)28-18)15-9-11-24-12-10-15/h2-8,13,15,24H,9-12H2,1H3,(H,27,30)(H2,25,26,31). The molecule has 1 fully saturated rings. The summed E-state index contributed by atoms with van der Waals surface area (Å²) in [6.07, 6.45) is 1.91. The number of nitrogens with one attached hydrogen (secondary N) is 4. The Morgan fingerprint density at radius 3 is 2.65 bits per heavy atom. The molecule has 1 aliphatic rings. The fourth-order valence-electron chi connectivity index (χ4n) is 4.22. The van der Waals surface area contributed by atoms with E-state index in [0.717, 1.165) is 42.6 Å². The van der Waals surface area contributed by atoms with Gasteiger partial charge in [-0.1, -0.05) is 23.8 Å². The molecule has 31 heavy (non-hydrogen) atoms. The van der Waals surface area contributed by atoms with Gasteiger partial charge in [0, 0.05) is 17.7 Å². The number of amides is 2. The van der Waals surface area contributed by atoms with Crippen molar-refractivity contribution in [3.05, 3.63) is 70.1 Å². The zero-order valence-electron chi connectivity index (χ0n) is 17.2. The van der Waals surface area contributed by atoms with E-state index in [0.29, 0.717) is 22.5 Å². The van der Waals surface area contributed by atoms with Gasteiger partial charge in [-0.2, -0.15) is 5.10 Å². The van der Waals surface area contributed by atoms with Crippen LogP contribution in [0.2, 0.25) is 0 Å². The molecule has 2 aromatic carbocycles. The first-order valence-corrected chi connectivity index (χ1v) is 10.5. The Morgan fingerprint density at radius 2 is 1.87 bits per heavy atom. The number of carbonyl (C=O) groups excluding carboxylic acids is 1. The minimum Gasteiger partial charge on any atom is -0.317 e. The minimum atomic E-state index is -0.354. The molecule has 1 saturated heterocycles. The molecule has 0 unspecified atom stereocenters. The summed E-state index contributed by atoms with van der Waals surface area (Å²) in [6, 6.07) is 14.4. The van der Waals surface area contributed by atoms with Crippen LogP contribution in [0, 0.1) is 6.92 Å². The van der Waals surface area contributed by atoms with Crippen LogP contribution in [0.4, 0.5) is 16.2 Å². The summed E-state index contributed by atoms with van der Waals surface area (Å²) in [7, 11) is 0. The normalized spacial score (nSPS) is 14.7. The molecule has 8 heteroatoms. The molecule has 8 nitrogen and oxygen atoms in total. The molecule has 0 radical (unpaired) electrons. The zero-order chi connectivity index (χ0) is 21.4. The number of anilines is 2. The molecular weight excluding hydrogens is 392 g/mol. The summed E-state index contributed by atoms with van der Waals surface area (Å²) in [4.78, 5) is 28.0. The van der Waals surface area contributed by atoms with E-state index in [1.807, 2.05) is 53.9 Å². The van der Waals surface area contributed by atoms with Crippen molar-refractivity contribution < 1.29 is 4.79 Å². The molecule has 1 aliphatic heterocycles. The van der Waals surface area contributed by atoms with E-state index < -0.39 is 0 Å². The summed E-state index contributed by atoms with van der Waals surface area (Å²) >= 11 is 0. The van der Waals surface area contributed by atoms with Gasteiger partial charge in [0.15, 0.2) is 0 Å². The lowest BCUT2D eigenvalue weighted by molar-refractivity contribution is 0.262. The van der Waals surface area contributed by atoms with E-state index in [9.17, 15) is 9.59 Å². The third-order valence-electron chi connectivity index (χ3n) is 5.78. The van der Waals surface area contributed by atoms with Gasteiger partial charge < -0.3 is 20.9 Å². The number of urea groups is 1. The van der Waals surface area contributed by atoms with Gasteiger partial charge in [0.25, 0.3) is 5.56 Å². The van der Waals surface area contributed by atoms with Gasteiger partial charge in [-0.25, -0.2) is 9.31 Å². The first-order chi connectivity index (χ1) is 15.1. The third kappa shape index (κ3) is 3.77. The van der Waals surface area contributed by atoms with Crippen molar-refractivity contribution in [3.8, 4) is 0 Å². The Hall–Kier alpha value is -3.65. The molecule has 158 valence electrons. The largest absolute Gasteiger partial charge is 0.323 e. The fourth-order valence-corrected chi connectivity index (χ4v) is 4.22. The number of carbonyl (C=O) groups is 1. The maximum absolute atomic E-state index is 12.6. The van der Waals surface area contributed by atoms with Crippen LogP contribution in [-0.2, 0) is 0 Å². The number of nitrogens with zero attached hydrogens (tertiary/aromatic N) is 2. The Balaban J connectivity index is 1.54. The molecule has 0 bridgehead atoms. The van der Waals surface area contributed by atoms with E-state index >= 15 is 0 Å². The highest BCUT2D eigenvalue weighted by Gasteiger charge is 2.21. The van der Waals surface area contributed by atoms with E-state index in [1.54, 1.807) is 6.07 Å². The van der Waals surface area contributed by atoms with Crippen molar-refractivity contribution in [2.75, 3.05) is 23.7 Å². The minimum absolute atomic E-state index is 0.165. The van der Waals surface area contributed by atoms with Crippen LogP contribution in [0.3, 0.4) is 0 Å². The van der Waals surface area contributed by atoms with Crippen LogP contribution in [-0.4, -0.2) is 33.7 Å². The van der Waals surface area contributed by atoms with E-state index in [-0.39, 0.29) is 17.5 Å². The van der Waals surface area contributed by atoms with Crippen LogP contribution in [0.1, 0.15) is 30.0 Å². The second kappa shape index (κ2) is 7.88. The summed E-state index contributed by atoms with van der Waals surface area (Å²) in [5.74, 6) is 0.265. The molecule has 4 aromatic rings. The summed E-state index contributed by atoms with van der Waals surface area (Å²) in [5.41, 5.74) is 4.48. The molecule has 0 spiro atoms. The molecular formula is C23H24N6O2. The highest BCUT2D eigenvalue weighted by atomic mass is 16.2. The topological polar surface area (TPSA) is 103 Å². The van der Waals surface area contributed by atoms with Crippen LogP contribution in [0.15, 0.2) is 53.3 Å². The van der Waals surface area contributed by atoms with Crippen molar-refractivity contribution >= 4 is 34.0 Å². The van der Waals surface area contributed by atoms with Crippen molar-refractivity contribution in [1.29, 1.82) is 0 Å². The van der Waals surface area contributed by atoms with Gasteiger partial charge >= 0.3 is 6.03 Å². The van der Waals surface area contributed by atoms with E-state index in [4.69, 9.17) is 5.10 Å². The lowest BCUT2D eigenvalue weighted by Crippen LogP contribution is -2.28. The number of H-pyrrole nitrogens is 1. The fraction of sp³-hybridized carbons (Fsp3) is 0.261. The summed E-state index contributed by atoms with van der Waals surface area (Å²) in [6.45, 7) is 3.84. The van der Waals surface area contributed by atoms with Crippen molar-refractivity contribution in [3.63, 3.8) is 0 Å². The van der Waals surface area contributed by atoms with Gasteiger partial charge in [-0.15, -0.1) is 0 Å². The highest BCUT2D eigenvalue weighted by molar-refractivity contribution is 6.09. The predicted molar refractivity (Wildman–Crippen MR) is 122 cm³/mol. The molecule has 0 aliphatic carbocycles. The smallest absolute Gasteiger partial charge is 0.317 e. The van der Waals surface area contributed by atoms with Crippen LogP contribution >= 0.6 is 0 Å². The number of fused-ring (bicyclic) bond motifs is 3. The molecule has 0 atom stereocenters. The molecule has 3 heterocycles. The maximum Gasteiger partial charge on any atom is 0.323 e. The zero-order valence-corrected chi connectivity index (χ0v) is 17.2. The average molecular weight is 416 g/mol. The number of benzene rings is 2. The van der Waals surface area contributed by atoms with Crippen LogP contribution < -0.4 is 21.5 Å². The number of aromatic amines is 1. The Bertz CT molecular complexity index is 1320. The third-order valence-corrected chi connectivity index (χ3v) is 5.78. The highest BCUT2D eigenvalue weighted by Crippen LogP contribution is 2.30. The molecule has 2 aromatic heterocycles. The van der Waals surface area contributed by atoms with Gasteiger partial charge in [-0.3, -0.25) is 4.79 Å². The molecule has 2 amide bonds. The first-order valence-electron chi connectivity index (χ1n) is 10.5. The second-order valence-electron chi connectivity index (χ2n) is 7.99. The van der Waals surface area contributed by atoms with Crippen molar-refractivity contribution in [1.82, 2.24) is 19.9 Å². The SMILES string of the molecule is Cc1ccc(NC(=O)Nc2cccc3nn4c(C5CCNCC5)cc(=O)[nH]c4c23)cc1. The van der Waals surface area contributed by atoms with Crippen LogP contribution in [0.25, 0.3) is 16.6 Å². The van der Waals surface area contributed by atoms with E-state index in [2.05, 4.69) is 20.9 Å². The number of aromatic nitrogens is 3. The first kappa shape index (κ1) is 19.3. The number of aryl methyl sites for hydroxylation is 1. The van der Waals surface area contributed by atoms with E-state index in [1.165, 1.54) is 0 Å². The Labute approximate surface area is 178 Å². The predicted octanol–water partition coefficient (Wildman–Crippen LogP) is 3.60. The summed E-state index contributed by atoms with van der Waals surface area (Å²) in [5, 5.41) is 14.6. The van der Waals surface area contributed by atoms with Gasteiger partial charge in [0.2, 0.25) is 0 Å². The number of hydrogen-bond acceptors (Lipinski definition) is 4. The Kier molecular flexibility index (Phi) is 4.91. The van der Waals surface area contributed by atoms with Gasteiger partial charge in [0.05, 0.1) is 22.3 Å². The maximum atomic E-state index is 12.6. The number of rotatable bonds is 3. The second-order valence-corrected chi connectivity index (χ2v) is 7.99. The quantitative estimate of drug-likeness (QED) is 0.410. The monoisotopic (exact) mass is 416 g/mol. The van der Waals surface area contributed by atoms with Gasteiger partial charge in [0.1, 0.15) is 5.65 Å². The number of hydrogen-bond donors (Lipinski definition) is 4. The van der Waals surface area contributed by atoms with Crippen LogP contribution in [0.5, 0.6) is 0 Å². The lowest BCUT2D eigenvalue weighted by atomic mass is 9.94. The lowest BCUT2D eigenvalue weighted by Gasteiger charge is -2.23. The molecule has 5 rings (SSSR count). The van der Waals surface area contributed by atoms with Crippen molar-refractivity contribution in [2.24, 2.45) is 0 Å². The Morgan fingerprint density at radius 1 is 1.10 bits per heavy atom. The summed E-state index contributed by atoms with van der Waals surface area (Å²) < 4.78 is 1.82.